The predicted octanol–water partition coefficient (Wildman–Crippen LogP) is 5.66. The minimum Gasteiger partial charge on any atom is -0.454 e. The molecule has 3 aromatic rings. The van der Waals surface area contributed by atoms with E-state index in [0.717, 1.165) is 23.4 Å². The van der Waals surface area contributed by atoms with Crippen LogP contribution in [0.3, 0.4) is 0 Å². The number of aliphatic imine (C=N–C) groups is 1. The molecule has 0 fully saturated rings. The molecule has 162 valence electrons. The summed E-state index contributed by atoms with van der Waals surface area (Å²) < 4.78 is 6.06. The van der Waals surface area contributed by atoms with Crippen molar-refractivity contribution in [3.8, 4) is 5.75 Å². The van der Waals surface area contributed by atoms with E-state index in [1.807, 2.05) is 84.9 Å². The van der Waals surface area contributed by atoms with Crippen LogP contribution in [0.4, 0.5) is 11.4 Å². The summed E-state index contributed by atoms with van der Waals surface area (Å²) in [5.41, 5.74) is 3.40. The summed E-state index contributed by atoms with van der Waals surface area (Å²) in [4.78, 5) is 16.1. The minimum atomic E-state index is -0.122. The summed E-state index contributed by atoms with van der Waals surface area (Å²) in [6.07, 6.45) is 4.20. The van der Waals surface area contributed by atoms with Crippen LogP contribution in [0.15, 0.2) is 114 Å². The SMILES string of the molecule is C=C(C)C(=O)NCCc1ccc(OC(=C\Nc2ccccc2)/C=N/c2ccccc2)cc1. The normalized spacial score (nSPS) is 11.2. The molecule has 3 rings (SSSR count). The second kappa shape index (κ2) is 11.9. The highest BCUT2D eigenvalue weighted by Crippen LogP contribution is 2.17. The van der Waals surface area contributed by atoms with Crippen LogP contribution in [0.1, 0.15) is 12.5 Å². The van der Waals surface area contributed by atoms with Gasteiger partial charge < -0.3 is 15.4 Å². The lowest BCUT2D eigenvalue weighted by Crippen LogP contribution is -2.25. The molecule has 0 heterocycles. The number of allylic oxidation sites excluding steroid dienone is 1. The van der Waals surface area contributed by atoms with Gasteiger partial charge in [-0.05, 0) is 55.3 Å². The molecule has 2 N–H and O–H groups in total. The number of hydrogen-bond donors (Lipinski definition) is 2. The molecule has 0 aliphatic rings. The van der Waals surface area contributed by atoms with Gasteiger partial charge in [0.2, 0.25) is 5.91 Å². The van der Waals surface area contributed by atoms with Gasteiger partial charge in [0.1, 0.15) is 5.75 Å². The van der Waals surface area contributed by atoms with Crippen LogP contribution >= 0.6 is 0 Å². The van der Waals surface area contributed by atoms with E-state index in [1.165, 1.54) is 0 Å². The van der Waals surface area contributed by atoms with E-state index >= 15 is 0 Å². The van der Waals surface area contributed by atoms with Crippen molar-refractivity contribution in [1.29, 1.82) is 0 Å². The largest absolute Gasteiger partial charge is 0.454 e. The number of nitrogens with zero attached hydrogens (tertiary/aromatic N) is 1. The zero-order valence-electron chi connectivity index (χ0n) is 18.1. The van der Waals surface area contributed by atoms with Gasteiger partial charge in [0.05, 0.1) is 11.9 Å². The molecule has 0 spiro atoms. The molecule has 0 atom stereocenters. The predicted molar refractivity (Wildman–Crippen MR) is 131 cm³/mol. The number of carbonyl (C=O) groups is 1. The lowest BCUT2D eigenvalue weighted by atomic mass is 10.1. The molecule has 3 aromatic carbocycles. The van der Waals surface area contributed by atoms with Gasteiger partial charge in [0.15, 0.2) is 5.76 Å². The molecule has 0 radical (unpaired) electrons. The van der Waals surface area contributed by atoms with Gasteiger partial charge in [-0.1, -0.05) is 55.1 Å². The van der Waals surface area contributed by atoms with Crippen molar-refractivity contribution in [2.24, 2.45) is 4.99 Å². The van der Waals surface area contributed by atoms with Crippen molar-refractivity contribution in [3.63, 3.8) is 0 Å². The summed E-state index contributed by atoms with van der Waals surface area (Å²) in [5, 5.41) is 6.07. The lowest BCUT2D eigenvalue weighted by molar-refractivity contribution is -0.117. The number of hydrogen-bond acceptors (Lipinski definition) is 4. The average molecular weight is 426 g/mol. The Morgan fingerprint density at radius 3 is 2.28 bits per heavy atom. The standard InChI is InChI=1S/C27H27N3O2/c1-21(2)27(31)28-18-17-22-13-15-25(16-14-22)32-26(19-29-23-9-5-3-6-10-23)20-30-24-11-7-4-8-12-24/h3-16,19-20,29H,1,17-18H2,2H3,(H,28,31)/b26-19-,30-20+. The van der Waals surface area contributed by atoms with E-state index in [9.17, 15) is 4.79 Å². The van der Waals surface area contributed by atoms with E-state index in [-0.39, 0.29) is 5.91 Å². The summed E-state index contributed by atoms with van der Waals surface area (Å²) in [7, 11) is 0. The lowest BCUT2D eigenvalue weighted by Gasteiger charge is -2.09. The highest BCUT2D eigenvalue weighted by atomic mass is 16.5. The molecule has 0 unspecified atom stereocenters. The molecule has 5 heteroatoms. The van der Waals surface area contributed by atoms with Crippen molar-refractivity contribution in [2.45, 2.75) is 13.3 Å². The van der Waals surface area contributed by atoms with E-state index < -0.39 is 0 Å². The highest BCUT2D eigenvalue weighted by Gasteiger charge is 2.03. The Balaban J connectivity index is 1.66. The second-order valence-electron chi connectivity index (χ2n) is 7.18. The number of ether oxygens (including phenoxy) is 1. The van der Waals surface area contributed by atoms with Crippen molar-refractivity contribution < 1.29 is 9.53 Å². The topological polar surface area (TPSA) is 62.7 Å². The van der Waals surface area contributed by atoms with Gasteiger partial charge in [0.25, 0.3) is 0 Å². The van der Waals surface area contributed by atoms with Crippen LogP contribution in [0.25, 0.3) is 0 Å². The second-order valence-corrected chi connectivity index (χ2v) is 7.18. The number of rotatable bonds is 10. The van der Waals surface area contributed by atoms with Crippen LogP contribution in [0, 0.1) is 0 Å². The number of nitrogens with one attached hydrogen (secondary N) is 2. The average Bonchev–Trinajstić information content (AvgIpc) is 2.83. The fraction of sp³-hybridized carbons (Fsp3) is 0.111. The summed E-state index contributed by atoms with van der Waals surface area (Å²) in [6, 6.07) is 27.3. The van der Waals surface area contributed by atoms with Gasteiger partial charge in [-0.3, -0.25) is 9.79 Å². The van der Waals surface area contributed by atoms with Crippen LogP contribution < -0.4 is 15.4 Å². The molecular weight excluding hydrogens is 398 g/mol. The van der Waals surface area contributed by atoms with Gasteiger partial charge in [-0.15, -0.1) is 0 Å². The molecule has 0 aliphatic carbocycles. The number of amides is 1. The fourth-order valence-electron chi connectivity index (χ4n) is 2.77. The maximum absolute atomic E-state index is 11.6. The Bertz CT molecular complexity index is 1070. The van der Waals surface area contributed by atoms with Gasteiger partial charge in [-0.25, -0.2) is 0 Å². The molecule has 0 bridgehead atoms. The zero-order chi connectivity index (χ0) is 22.6. The molecule has 0 saturated carbocycles. The molecule has 1 amide bonds. The molecule has 32 heavy (non-hydrogen) atoms. The third kappa shape index (κ3) is 7.61. The fourth-order valence-corrected chi connectivity index (χ4v) is 2.77. The Labute approximate surface area is 189 Å². The Morgan fingerprint density at radius 2 is 1.62 bits per heavy atom. The number of carbonyl (C=O) groups excluding carboxylic acids is 1. The van der Waals surface area contributed by atoms with Crippen molar-refractivity contribution in [1.82, 2.24) is 5.32 Å². The third-order valence-corrected chi connectivity index (χ3v) is 4.50. The van der Waals surface area contributed by atoms with Crippen LogP contribution in [-0.4, -0.2) is 18.7 Å². The van der Waals surface area contributed by atoms with Crippen LogP contribution in [-0.2, 0) is 11.2 Å². The first-order chi connectivity index (χ1) is 15.6. The van der Waals surface area contributed by atoms with Crippen molar-refractivity contribution >= 4 is 23.5 Å². The van der Waals surface area contributed by atoms with Crippen molar-refractivity contribution in [2.75, 3.05) is 11.9 Å². The quantitative estimate of drug-likeness (QED) is 0.250. The Hall–Kier alpha value is -4.12. The van der Waals surface area contributed by atoms with Gasteiger partial charge >= 0.3 is 0 Å². The molecule has 0 saturated heterocycles. The van der Waals surface area contributed by atoms with E-state index in [2.05, 4.69) is 22.2 Å². The first-order valence-corrected chi connectivity index (χ1v) is 10.4. The van der Waals surface area contributed by atoms with E-state index in [4.69, 9.17) is 4.74 Å². The maximum atomic E-state index is 11.6. The number of para-hydroxylation sites is 2. The number of benzene rings is 3. The maximum Gasteiger partial charge on any atom is 0.246 e. The summed E-state index contributed by atoms with van der Waals surface area (Å²) in [6.45, 7) is 5.89. The summed E-state index contributed by atoms with van der Waals surface area (Å²) >= 11 is 0. The smallest absolute Gasteiger partial charge is 0.246 e. The van der Waals surface area contributed by atoms with Crippen molar-refractivity contribution in [3.05, 3.63) is 115 Å². The van der Waals surface area contributed by atoms with E-state index in [1.54, 1.807) is 19.3 Å². The van der Waals surface area contributed by atoms with E-state index in [0.29, 0.717) is 23.6 Å². The first-order valence-electron chi connectivity index (χ1n) is 10.4. The van der Waals surface area contributed by atoms with Gasteiger partial charge in [-0.2, -0.15) is 0 Å². The van der Waals surface area contributed by atoms with Gasteiger partial charge in [0, 0.05) is 24.0 Å². The Kier molecular flexibility index (Phi) is 8.40. The van der Waals surface area contributed by atoms with Crippen LogP contribution in [0.5, 0.6) is 5.75 Å². The molecule has 0 aromatic heterocycles. The zero-order valence-corrected chi connectivity index (χ0v) is 18.1. The summed E-state index contributed by atoms with van der Waals surface area (Å²) in [5.74, 6) is 1.14. The molecule has 5 nitrogen and oxygen atoms in total. The number of anilines is 1. The minimum absolute atomic E-state index is 0.122. The monoisotopic (exact) mass is 425 g/mol. The van der Waals surface area contributed by atoms with Crippen LogP contribution in [0.2, 0.25) is 0 Å². The highest BCUT2D eigenvalue weighted by molar-refractivity contribution is 5.92. The Morgan fingerprint density at radius 1 is 0.969 bits per heavy atom. The first kappa shape index (κ1) is 22.6. The third-order valence-electron chi connectivity index (χ3n) is 4.50. The molecular formula is C27H27N3O2. The molecule has 0 aliphatic heterocycles.